The summed E-state index contributed by atoms with van der Waals surface area (Å²) in [6.07, 6.45) is 10.8. The van der Waals surface area contributed by atoms with Crippen LogP contribution in [0.15, 0.2) is 47.5 Å². The molecule has 2 atom stereocenters. The summed E-state index contributed by atoms with van der Waals surface area (Å²) in [5.41, 5.74) is 7.09. The fourth-order valence-corrected chi connectivity index (χ4v) is 6.72. The number of hydrogen-bond acceptors (Lipinski definition) is 4. The Balaban J connectivity index is 1.66. The molecule has 4 rings (SSSR count). The Hall–Kier alpha value is -3.25. The van der Waals surface area contributed by atoms with Gasteiger partial charge in [0.25, 0.3) is 11.5 Å². The molecule has 2 aromatic heterocycles. The van der Waals surface area contributed by atoms with Crippen molar-refractivity contribution in [2.75, 3.05) is 14.1 Å². The lowest BCUT2D eigenvalue weighted by Crippen LogP contribution is -2.35. The number of nitrogens with zero attached hydrogens (tertiary/aromatic N) is 2. The van der Waals surface area contributed by atoms with Gasteiger partial charge in [-0.25, -0.2) is 0 Å². The van der Waals surface area contributed by atoms with Gasteiger partial charge in [0.1, 0.15) is 0 Å². The van der Waals surface area contributed by atoms with Crippen LogP contribution in [0.25, 0.3) is 11.1 Å². The van der Waals surface area contributed by atoms with E-state index in [1.54, 1.807) is 6.20 Å². The summed E-state index contributed by atoms with van der Waals surface area (Å²) in [6.45, 7) is 10.8. The molecule has 0 aliphatic heterocycles. The van der Waals surface area contributed by atoms with Crippen LogP contribution < -0.4 is 10.9 Å². The van der Waals surface area contributed by atoms with Crippen LogP contribution in [0.1, 0.15) is 84.3 Å². The van der Waals surface area contributed by atoms with Gasteiger partial charge in [0, 0.05) is 47.4 Å². The van der Waals surface area contributed by atoms with E-state index in [9.17, 15) is 9.59 Å². The SMILES string of the molecule is CCC(C)C(Cc1cc(-c2cccnc2)cc(C(=O)NCc2c(C)cc(C)[nH]c2=O)c1C)C1CCC(N(C)C)CC1. The normalized spacial score (nSPS) is 18.7. The average Bonchev–Trinajstić information content (AvgIpc) is 2.96. The van der Waals surface area contributed by atoms with Crippen molar-refractivity contribution in [1.82, 2.24) is 20.2 Å². The lowest BCUT2D eigenvalue weighted by atomic mass is 9.70. The number of aryl methyl sites for hydroxylation is 2. The van der Waals surface area contributed by atoms with Crippen molar-refractivity contribution >= 4 is 5.91 Å². The zero-order valence-electron chi connectivity index (χ0n) is 26.0. The van der Waals surface area contributed by atoms with Gasteiger partial charge in [0.15, 0.2) is 0 Å². The second kappa shape index (κ2) is 13.6. The number of carbonyl (C=O) groups is 1. The fourth-order valence-electron chi connectivity index (χ4n) is 6.72. The van der Waals surface area contributed by atoms with E-state index in [-0.39, 0.29) is 18.0 Å². The highest BCUT2D eigenvalue weighted by Crippen LogP contribution is 2.39. The molecule has 2 heterocycles. The Morgan fingerprint density at radius 3 is 2.44 bits per heavy atom. The minimum Gasteiger partial charge on any atom is -0.348 e. The molecule has 0 radical (unpaired) electrons. The minimum absolute atomic E-state index is 0.148. The van der Waals surface area contributed by atoms with Crippen LogP contribution in [0, 0.1) is 38.5 Å². The molecule has 1 amide bonds. The molecule has 6 heteroatoms. The summed E-state index contributed by atoms with van der Waals surface area (Å²) in [4.78, 5) is 35.9. The Labute approximate surface area is 246 Å². The molecule has 1 saturated carbocycles. The van der Waals surface area contributed by atoms with Gasteiger partial charge in [-0.15, -0.1) is 0 Å². The fraction of sp³-hybridized carbons (Fsp3) is 0.514. The predicted octanol–water partition coefficient (Wildman–Crippen LogP) is 6.62. The summed E-state index contributed by atoms with van der Waals surface area (Å²) in [5, 5.41) is 3.05. The second-order valence-corrected chi connectivity index (χ2v) is 12.5. The number of carbonyl (C=O) groups excluding carboxylic acids is 1. The van der Waals surface area contributed by atoms with E-state index in [4.69, 9.17) is 0 Å². The molecule has 1 fully saturated rings. The second-order valence-electron chi connectivity index (χ2n) is 12.5. The third-order valence-corrected chi connectivity index (χ3v) is 9.58. The van der Waals surface area contributed by atoms with Gasteiger partial charge in [-0.2, -0.15) is 0 Å². The van der Waals surface area contributed by atoms with Crippen molar-refractivity contribution in [1.29, 1.82) is 0 Å². The molecule has 2 unspecified atom stereocenters. The standard InChI is InChI=1S/C35H48N4O2/c1-8-22(2)31(26-11-13-30(14-12-26)39(6)7)18-28-17-29(27-10-9-15-36-20-27)19-32(25(28)5)34(40)37-21-33-23(3)16-24(4)38-35(33)41/h9-10,15-17,19-20,22,26,30-31H,8,11-14,18,21H2,1-7H3,(H,37,40)(H,38,41). The van der Waals surface area contributed by atoms with Crippen LogP contribution in [0.3, 0.4) is 0 Å². The topological polar surface area (TPSA) is 78.1 Å². The quantitative estimate of drug-likeness (QED) is 0.294. The zero-order valence-corrected chi connectivity index (χ0v) is 26.0. The van der Waals surface area contributed by atoms with Gasteiger partial charge in [-0.05, 0) is 125 Å². The molecule has 1 aromatic carbocycles. The van der Waals surface area contributed by atoms with Crippen molar-refractivity contribution in [3.63, 3.8) is 0 Å². The Morgan fingerprint density at radius 1 is 1.10 bits per heavy atom. The third kappa shape index (κ3) is 7.34. The van der Waals surface area contributed by atoms with Crippen molar-refractivity contribution < 1.29 is 4.79 Å². The summed E-state index contributed by atoms with van der Waals surface area (Å²) < 4.78 is 0. The first kappa shape index (κ1) is 30.7. The van der Waals surface area contributed by atoms with Crippen LogP contribution in [-0.4, -0.2) is 40.9 Å². The summed E-state index contributed by atoms with van der Waals surface area (Å²) in [7, 11) is 4.40. The number of pyridine rings is 2. The molecule has 220 valence electrons. The monoisotopic (exact) mass is 556 g/mol. The van der Waals surface area contributed by atoms with E-state index in [1.807, 2.05) is 44.3 Å². The maximum absolute atomic E-state index is 13.7. The van der Waals surface area contributed by atoms with Crippen molar-refractivity contribution in [3.05, 3.63) is 86.6 Å². The molecule has 1 aliphatic rings. The lowest BCUT2D eigenvalue weighted by molar-refractivity contribution is 0.0950. The molecule has 3 aromatic rings. The molecule has 2 N–H and O–H groups in total. The van der Waals surface area contributed by atoms with Crippen molar-refractivity contribution in [2.45, 2.75) is 85.7 Å². The maximum Gasteiger partial charge on any atom is 0.253 e. The highest BCUT2D eigenvalue weighted by molar-refractivity contribution is 5.97. The van der Waals surface area contributed by atoms with Crippen LogP contribution in [0.4, 0.5) is 0 Å². The molecule has 0 spiro atoms. The Morgan fingerprint density at radius 2 is 1.83 bits per heavy atom. The first-order chi connectivity index (χ1) is 19.6. The number of rotatable bonds is 10. The highest BCUT2D eigenvalue weighted by atomic mass is 16.1. The van der Waals surface area contributed by atoms with Crippen LogP contribution >= 0.6 is 0 Å². The van der Waals surface area contributed by atoms with E-state index in [2.05, 4.69) is 61.1 Å². The van der Waals surface area contributed by atoms with E-state index >= 15 is 0 Å². The third-order valence-electron chi connectivity index (χ3n) is 9.58. The van der Waals surface area contributed by atoms with Gasteiger partial charge < -0.3 is 15.2 Å². The largest absolute Gasteiger partial charge is 0.348 e. The number of nitrogens with one attached hydrogen (secondary N) is 2. The predicted molar refractivity (Wildman–Crippen MR) is 168 cm³/mol. The molecular formula is C35H48N4O2. The van der Waals surface area contributed by atoms with Gasteiger partial charge >= 0.3 is 0 Å². The van der Waals surface area contributed by atoms with Gasteiger partial charge in [0.05, 0.1) is 0 Å². The Bertz CT molecular complexity index is 1390. The number of amides is 1. The number of hydrogen-bond donors (Lipinski definition) is 2. The summed E-state index contributed by atoms with van der Waals surface area (Å²) >= 11 is 0. The Kier molecular flexibility index (Phi) is 10.2. The smallest absolute Gasteiger partial charge is 0.253 e. The minimum atomic E-state index is -0.152. The van der Waals surface area contributed by atoms with Crippen molar-refractivity contribution in [3.8, 4) is 11.1 Å². The lowest BCUT2D eigenvalue weighted by Gasteiger charge is -2.39. The molecular weight excluding hydrogens is 508 g/mol. The molecule has 0 bridgehead atoms. The number of aromatic amines is 1. The average molecular weight is 557 g/mol. The molecule has 0 saturated heterocycles. The van der Waals surface area contributed by atoms with Gasteiger partial charge in [0.2, 0.25) is 0 Å². The van der Waals surface area contributed by atoms with E-state index < -0.39 is 0 Å². The number of benzene rings is 1. The maximum atomic E-state index is 13.7. The molecule has 6 nitrogen and oxygen atoms in total. The highest BCUT2D eigenvalue weighted by Gasteiger charge is 2.32. The number of aromatic nitrogens is 2. The zero-order chi connectivity index (χ0) is 29.7. The van der Waals surface area contributed by atoms with E-state index in [0.29, 0.717) is 34.9 Å². The van der Waals surface area contributed by atoms with Crippen LogP contribution in [-0.2, 0) is 13.0 Å². The van der Waals surface area contributed by atoms with Gasteiger partial charge in [-0.1, -0.05) is 32.4 Å². The number of H-pyrrole nitrogens is 1. The van der Waals surface area contributed by atoms with E-state index in [1.165, 1.54) is 31.2 Å². The summed E-state index contributed by atoms with van der Waals surface area (Å²) in [6, 6.07) is 10.9. The van der Waals surface area contributed by atoms with Gasteiger partial charge in [-0.3, -0.25) is 14.6 Å². The molecule has 1 aliphatic carbocycles. The summed E-state index contributed by atoms with van der Waals surface area (Å²) in [5.74, 6) is 1.71. The first-order valence-electron chi connectivity index (χ1n) is 15.3. The first-order valence-corrected chi connectivity index (χ1v) is 15.3. The van der Waals surface area contributed by atoms with Crippen LogP contribution in [0.2, 0.25) is 0 Å². The molecule has 41 heavy (non-hydrogen) atoms. The van der Waals surface area contributed by atoms with Crippen molar-refractivity contribution in [2.24, 2.45) is 17.8 Å². The van der Waals surface area contributed by atoms with Crippen LogP contribution in [0.5, 0.6) is 0 Å². The van der Waals surface area contributed by atoms with E-state index in [0.717, 1.165) is 40.8 Å².